The zero-order chi connectivity index (χ0) is 20.9. The molecule has 3 aromatic rings. The standard InChI is InChI=1S/C24H29N5O.HI/c1-3-16-7-6-9-20-17(14-27-23(16)20)11-12-26-24(25-2)28-15-18-13-22(30)29-21-10-5-4-8-19(18)21;/h4-10,14,18,27H,3,11-13,15H2,1-2H3,(H,29,30)(H2,25,26,28);1H. The first-order valence-corrected chi connectivity index (χ1v) is 10.6. The summed E-state index contributed by atoms with van der Waals surface area (Å²) in [6, 6.07) is 14.5. The topological polar surface area (TPSA) is 81.3 Å². The molecule has 0 spiro atoms. The van der Waals surface area contributed by atoms with Crippen molar-refractivity contribution < 1.29 is 4.79 Å². The van der Waals surface area contributed by atoms with Crippen LogP contribution in [0.5, 0.6) is 0 Å². The van der Waals surface area contributed by atoms with E-state index in [1.165, 1.54) is 27.6 Å². The molecular weight excluding hydrogens is 501 g/mol. The molecule has 0 bridgehead atoms. The van der Waals surface area contributed by atoms with Crippen molar-refractivity contribution in [1.29, 1.82) is 0 Å². The second-order valence-electron chi connectivity index (χ2n) is 7.67. The van der Waals surface area contributed by atoms with E-state index in [2.05, 4.69) is 63.3 Å². The van der Waals surface area contributed by atoms with Gasteiger partial charge in [0, 0.05) is 55.3 Å². The smallest absolute Gasteiger partial charge is 0.225 e. The Hall–Kier alpha value is -2.55. The minimum Gasteiger partial charge on any atom is -0.361 e. The summed E-state index contributed by atoms with van der Waals surface area (Å²) in [5.74, 6) is 0.955. The largest absolute Gasteiger partial charge is 0.361 e. The molecule has 4 N–H and O–H groups in total. The fraction of sp³-hybridized carbons (Fsp3) is 0.333. The van der Waals surface area contributed by atoms with Crippen molar-refractivity contribution in [3.05, 3.63) is 65.4 Å². The summed E-state index contributed by atoms with van der Waals surface area (Å²) < 4.78 is 0. The molecule has 31 heavy (non-hydrogen) atoms. The van der Waals surface area contributed by atoms with Gasteiger partial charge in [0.15, 0.2) is 5.96 Å². The van der Waals surface area contributed by atoms with Gasteiger partial charge in [-0.3, -0.25) is 9.79 Å². The summed E-state index contributed by atoms with van der Waals surface area (Å²) in [6.07, 6.45) is 4.52. The Bertz CT molecular complexity index is 1070. The number of aliphatic imine (C=N–C) groups is 1. The van der Waals surface area contributed by atoms with E-state index in [9.17, 15) is 4.79 Å². The van der Waals surface area contributed by atoms with Crippen LogP contribution in [0.4, 0.5) is 5.69 Å². The molecule has 1 aliphatic rings. The second-order valence-corrected chi connectivity index (χ2v) is 7.67. The molecule has 0 aliphatic carbocycles. The van der Waals surface area contributed by atoms with E-state index < -0.39 is 0 Å². The number of anilines is 1. The third-order valence-electron chi connectivity index (χ3n) is 5.80. The number of aromatic amines is 1. The van der Waals surface area contributed by atoms with E-state index in [0.717, 1.165) is 31.0 Å². The van der Waals surface area contributed by atoms with Crippen LogP contribution in [0, 0.1) is 0 Å². The first-order chi connectivity index (χ1) is 14.7. The number of rotatable bonds is 6. The molecular formula is C24H30IN5O. The van der Waals surface area contributed by atoms with Gasteiger partial charge in [0.1, 0.15) is 0 Å². The Labute approximate surface area is 200 Å². The van der Waals surface area contributed by atoms with Crippen LogP contribution in [0.3, 0.4) is 0 Å². The number of fused-ring (bicyclic) bond motifs is 2. The first-order valence-electron chi connectivity index (χ1n) is 10.6. The average molecular weight is 531 g/mol. The normalized spacial score (nSPS) is 15.7. The minimum atomic E-state index is 0. The van der Waals surface area contributed by atoms with Crippen LogP contribution in [0.25, 0.3) is 10.9 Å². The molecule has 0 radical (unpaired) electrons. The number of nitrogens with zero attached hydrogens (tertiary/aromatic N) is 1. The molecule has 6 nitrogen and oxygen atoms in total. The Balaban J connectivity index is 0.00000272. The van der Waals surface area contributed by atoms with Gasteiger partial charge in [-0.1, -0.05) is 43.3 Å². The maximum atomic E-state index is 12.0. The summed E-state index contributed by atoms with van der Waals surface area (Å²) in [6.45, 7) is 3.63. The molecule has 164 valence electrons. The fourth-order valence-electron chi connectivity index (χ4n) is 4.22. The maximum Gasteiger partial charge on any atom is 0.225 e. The van der Waals surface area contributed by atoms with Gasteiger partial charge in [0.2, 0.25) is 5.91 Å². The van der Waals surface area contributed by atoms with Crippen LogP contribution in [-0.2, 0) is 17.6 Å². The SMILES string of the molecule is CCc1cccc2c(CCNC(=NC)NCC3CC(=O)Nc4ccccc43)c[nH]c12.I. The third-order valence-corrected chi connectivity index (χ3v) is 5.80. The number of guanidine groups is 1. The number of nitrogens with one attached hydrogen (secondary N) is 4. The Morgan fingerprint density at radius 2 is 1.97 bits per heavy atom. The van der Waals surface area contributed by atoms with E-state index in [1.54, 1.807) is 7.05 Å². The van der Waals surface area contributed by atoms with Gasteiger partial charge >= 0.3 is 0 Å². The van der Waals surface area contributed by atoms with E-state index >= 15 is 0 Å². The van der Waals surface area contributed by atoms with E-state index in [4.69, 9.17) is 0 Å². The number of halogens is 1. The Morgan fingerprint density at radius 3 is 2.77 bits per heavy atom. The Morgan fingerprint density at radius 1 is 1.13 bits per heavy atom. The highest BCUT2D eigenvalue weighted by molar-refractivity contribution is 14.0. The zero-order valence-electron chi connectivity index (χ0n) is 18.0. The number of amides is 1. The van der Waals surface area contributed by atoms with Crippen molar-refractivity contribution in [2.75, 3.05) is 25.5 Å². The first kappa shape index (κ1) is 23.1. The molecule has 1 aliphatic heterocycles. The lowest BCUT2D eigenvalue weighted by Crippen LogP contribution is -2.41. The second kappa shape index (κ2) is 10.7. The minimum absolute atomic E-state index is 0. The van der Waals surface area contributed by atoms with Crippen LogP contribution in [0.15, 0.2) is 53.7 Å². The van der Waals surface area contributed by atoms with Crippen LogP contribution < -0.4 is 16.0 Å². The Kier molecular flexibility index (Phi) is 7.95. The van der Waals surface area contributed by atoms with Crippen molar-refractivity contribution in [1.82, 2.24) is 15.6 Å². The lowest BCUT2D eigenvalue weighted by atomic mass is 9.90. The molecule has 2 heterocycles. The van der Waals surface area contributed by atoms with Crippen LogP contribution in [0.2, 0.25) is 0 Å². The van der Waals surface area contributed by atoms with Crippen LogP contribution in [0.1, 0.15) is 36.0 Å². The molecule has 7 heteroatoms. The van der Waals surface area contributed by atoms with E-state index in [0.29, 0.717) is 13.0 Å². The zero-order valence-corrected chi connectivity index (χ0v) is 20.3. The highest BCUT2D eigenvalue weighted by Crippen LogP contribution is 2.31. The number of carbonyl (C=O) groups is 1. The van der Waals surface area contributed by atoms with Crippen molar-refractivity contribution in [3.8, 4) is 0 Å². The maximum absolute atomic E-state index is 12.0. The van der Waals surface area contributed by atoms with Crippen LogP contribution in [-0.4, -0.2) is 37.0 Å². The molecule has 2 aromatic carbocycles. The van der Waals surface area contributed by atoms with E-state index in [-0.39, 0.29) is 35.8 Å². The molecule has 4 rings (SSSR count). The van der Waals surface area contributed by atoms with Gasteiger partial charge in [-0.25, -0.2) is 0 Å². The molecule has 1 atom stereocenters. The summed E-state index contributed by atoms with van der Waals surface area (Å²) >= 11 is 0. The molecule has 1 amide bonds. The van der Waals surface area contributed by atoms with Crippen molar-refractivity contribution in [3.63, 3.8) is 0 Å². The summed E-state index contributed by atoms with van der Waals surface area (Å²) in [7, 11) is 1.77. The molecule has 0 saturated carbocycles. The predicted molar refractivity (Wildman–Crippen MR) is 139 cm³/mol. The lowest BCUT2D eigenvalue weighted by Gasteiger charge is -2.26. The number of para-hydroxylation sites is 2. The van der Waals surface area contributed by atoms with Gasteiger partial charge in [-0.15, -0.1) is 24.0 Å². The third kappa shape index (κ3) is 5.20. The highest BCUT2D eigenvalue weighted by atomic mass is 127. The molecule has 1 unspecified atom stereocenters. The van der Waals surface area contributed by atoms with Gasteiger partial charge in [0.25, 0.3) is 0 Å². The van der Waals surface area contributed by atoms with Gasteiger partial charge in [0.05, 0.1) is 0 Å². The number of hydrogen-bond donors (Lipinski definition) is 4. The van der Waals surface area contributed by atoms with Gasteiger partial charge in [-0.05, 0) is 35.6 Å². The number of hydrogen-bond acceptors (Lipinski definition) is 2. The lowest BCUT2D eigenvalue weighted by molar-refractivity contribution is -0.116. The number of aromatic nitrogens is 1. The molecule has 1 aromatic heterocycles. The average Bonchev–Trinajstić information content (AvgIpc) is 3.19. The number of benzene rings is 2. The predicted octanol–water partition coefficient (Wildman–Crippen LogP) is 4.18. The highest BCUT2D eigenvalue weighted by Gasteiger charge is 2.24. The van der Waals surface area contributed by atoms with Crippen molar-refractivity contribution >= 4 is 52.4 Å². The fourth-order valence-corrected chi connectivity index (χ4v) is 4.22. The number of carbonyl (C=O) groups excluding carboxylic acids is 1. The number of H-pyrrole nitrogens is 1. The van der Waals surface area contributed by atoms with E-state index in [1.807, 2.05) is 18.2 Å². The summed E-state index contributed by atoms with van der Waals surface area (Å²) in [4.78, 5) is 19.8. The van der Waals surface area contributed by atoms with Gasteiger partial charge in [-0.2, -0.15) is 0 Å². The molecule has 0 saturated heterocycles. The summed E-state index contributed by atoms with van der Waals surface area (Å²) in [5, 5.41) is 11.0. The van der Waals surface area contributed by atoms with Crippen molar-refractivity contribution in [2.24, 2.45) is 4.99 Å². The molecule has 0 fully saturated rings. The van der Waals surface area contributed by atoms with Gasteiger partial charge < -0.3 is 20.9 Å². The van der Waals surface area contributed by atoms with Crippen molar-refractivity contribution in [2.45, 2.75) is 32.1 Å². The quantitative estimate of drug-likeness (QED) is 0.219. The monoisotopic (exact) mass is 531 g/mol. The number of aryl methyl sites for hydroxylation is 1. The summed E-state index contributed by atoms with van der Waals surface area (Å²) in [5.41, 5.74) is 5.98. The van der Waals surface area contributed by atoms with Crippen LogP contribution >= 0.6 is 24.0 Å².